The van der Waals surface area contributed by atoms with Gasteiger partial charge in [0.05, 0.1) is 5.60 Å². The van der Waals surface area contributed by atoms with E-state index in [1.807, 2.05) is 0 Å². The van der Waals surface area contributed by atoms with E-state index in [2.05, 4.69) is 6.58 Å². The quantitative estimate of drug-likeness (QED) is 0.675. The number of nitrogens with zero attached hydrogens (tertiary/aromatic N) is 1. The third-order valence-electron chi connectivity index (χ3n) is 2.84. The smallest absolute Gasteiger partial charge is 0.248 e. The lowest BCUT2D eigenvalue weighted by molar-refractivity contribution is -0.126. The summed E-state index contributed by atoms with van der Waals surface area (Å²) < 4.78 is 0. The summed E-state index contributed by atoms with van der Waals surface area (Å²) in [6.07, 6.45) is 0.878. The van der Waals surface area contributed by atoms with Crippen LogP contribution >= 0.6 is 0 Å². The number of carbonyl (C=O) groups excluding carboxylic acids is 1. The number of hydrogen-bond donors (Lipinski definition) is 1. The highest BCUT2D eigenvalue weighted by Crippen LogP contribution is 2.27. The lowest BCUT2D eigenvalue weighted by Gasteiger charge is -2.25. The molecule has 1 atom stereocenters. The molecule has 0 bridgehead atoms. The monoisotopic (exact) mass is 197 g/mol. The fourth-order valence-corrected chi connectivity index (χ4v) is 1.79. The van der Waals surface area contributed by atoms with Crippen LogP contribution in [0.15, 0.2) is 12.2 Å². The number of likely N-dealkylation sites (tertiary alicyclic amines) is 1. The molecule has 14 heavy (non-hydrogen) atoms. The number of aliphatic hydroxyl groups is 1. The summed E-state index contributed by atoms with van der Waals surface area (Å²) in [7, 11) is 0. The van der Waals surface area contributed by atoms with Crippen molar-refractivity contribution in [3.05, 3.63) is 12.2 Å². The SMILES string of the molecule is C=C(C)C(=O)N1CCC(C(C)(C)O)C1. The summed E-state index contributed by atoms with van der Waals surface area (Å²) in [6, 6.07) is 0. The van der Waals surface area contributed by atoms with Gasteiger partial charge in [-0.15, -0.1) is 0 Å². The van der Waals surface area contributed by atoms with Gasteiger partial charge in [0.1, 0.15) is 0 Å². The van der Waals surface area contributed by atoms with E-state index in [0.29, 0.717) is 12.1 Å². The molecule has 0 aliphatic carbocycles. The van der Waals surface area contributed by atoms with Crippen LogP contribution in [0.3, 0.4) is 0 Å². The first kappa shape index (κ1) is 11.2. The summed E-state index contributed by atoms with van der Waals surface area (Å²) in [6.45, 7) is 10.3. The predicted molar refractivity (Wildman–Crippen MR) is 55.8 cm³/mol. The van der Waals surface area contributed by atoms with Crippen molar-refractivity contribution in [3.8, 4) is 0 Å². The molecule has 80 valence electrons. The lowest BCUT2D eigenvalue weighted by Crippen LogP contribution is -2.35. The van der Waals surface area contributed by atoms with E-state index in [1.54, 1.807) is 25.7 Å². The molecule has 0 aromatic carbocycles. The molecule has 0 aromatic heterocycles. The van der Waals surface area contributed by atoms with Gasteiger partial charge in [-0.25, -0.2) is 0 Å². The normalized spacial score (nSPS) is 22.6. The second-order valence-corrected chi connectivity index (χ2v) is 4.67. The molecule has 1 aliphatic heterocycles. The van der Waals surface area contributed by atoms with Gasteiger partial charge in [-0.1, -0.05) is 6.58 Å². The molecule has 0 saturated carbocycles. The van der Waals surface area contributed by atoms with Crippen LogP contribution in [0.25, 0.3) is 0 Å². The molecular weight excluding hydrogens is 178 g/mol. The molecule has 1 unspecified atom stereocenters. The molecule has 0 radical (unpaired) electrons. The van der Waals surface area contributed by atoms with E-state index in [1.165, 1.54) is 0 Å². The number of hydrogen-bond acceptors (Lipinski definition) is 2. The first-order valence-electron chi connectivity index (χ1n) is 4.99. The highest BCUT2D eigenvalue weighted by molar-refractivity contribution is 5.92. The molecule has 3 nitrogen and oxygen atoms in total. The van der Waals surface area contributed by atoms with E-state index < -0.39 is 5.60 Å². The van der Waals surface area contributed by atoms with Crippen molar-refractivity contribution in [2.45, 2.75) is 32.8 Å². The minimum atomic E-state index is -0.690. The minimum absolute atomic E-state index is 0.0109. The third-order valence-corrected chi connectivity index (χ3v) is 2.84. The summed E-state index contributed by atoms with van der Waals surface area (Å²) >= 11 is 0. The topological polar surface area (TPSA) is 40.5 Å². The van der Waals surface area contributed by atoms with Gasteiger partial charge in [0.2, 0.25) is 5.91 Å². The lowest BCUT2D eigenvalue weighted by atomic mass is 9.90. The van der Waals surface area contributed by atoms with Gasteiger partial charge < -0.3 is 10.0 Å². The van der Waals surface area contributed by atoms with Crippen LogP contribution in [0.1, 0.15) is 27.2 Å². The molecular formula is C11H19NO2. The first-order valence-corrected chi connectivity index (χ1v) is 4.99. The van der Waals surface area contributed by atoms with Crippen LogP contribution in [0.2, 0.25) is 0 Å². The molecule has 0 aromatic rings. The van der Waals surface area contributed by atoms with Crippen molar-refractivity contribution in [2.24, 2.45) is 5.92 Å². The Kier molecular flexibility index (Phi) is 3.00. The minimum Gasteiger partial charge on any atom is -0.390 e. The zero-order chi connectivity index (χ0) is 10.9. The Morgan fingerprint density at radius 2 is 2.14 bits per heavy atom. The van der Waals surface area contributed by atoms with E-state index in [0.717, 1.165) is 13.0 Å². The number of carbonyl (C=O) groups is 1. The standard InChI is InChI=1S/C11H19NO2/c1-8(2)10(13)12-6-5-9(7-12)11(3,4)14/h9,14H,1,5-7H2,2-4H3. The zero-order valence-electron chi connectivity index (χ0n) is 9.21. The Balaban J connectivity index is 2.58. The van der Waals surface area contributed by atoms with E-state index in [-0.39, 0.29) is 11.8 Å². The fourth-order valence-electron chi connectivity index (χ4n) is 1.79. The maximum atomic E-state index is 11.6. The average molecular weight is 197 g/mol. The maximum absolute atomic E-state index is 11.6. The van der Waals surface area contributed by atoms with Crippen LogP contribution in [0.5, 0.6) is 0 Å². The van der Waals surface area contributed by atoms with Gasteiger partial charge in [-0.05, 0) is 27.2 Å². The van der Waals surface area contributed by atoms with Crippen LogP contribution in [0.4, 0.5) is 0 Å². The van der Waals surface area contributed by atoms with Crippen molar-refractivity contribution < 1.29 is 9.90 Å². The zero-order valence-corrected chi connectivity index (χ0v) is 9.21. The van der Waals surface area contributed by atoms with E-state index in [4.69, 9.17) is 0 Å². The maximum Gasteiger partial charge on any atom is 0.248 e. The Hall–Kier alpha value is -0.830. The van der Waals surface area contributed by atoms with E-state index >= 15 is 0 Å². The largest absolute Gasteiger partial charge is 0.390 e. The molecule has 1 heterocycles. The van der Waals surface area contributed by atoms with Crippen molar-refractivity contribution in [2.75, 3.05) is 13.1 Å². The molecule has 1 amide bonds. The molecule has 1 N–H and O–H groups in total. The van der Waals surface area contributed by atoms with Gasteiger partial charge in [0.15, 0.2) is 0 Å². The third kappa shape index (κ3) is 2.35. The van der Waals surface area contributed by atoms with Gasteiger partial charge in [-0.2, -0.15) is 0 Å². The fraction of sp³-hybridized carbons (Fsp3) is 0.727. The molecule has 0 spiro atoms. The highest BCUT2D eigenvalue weighted by atomic mass is 16.3. The summed E-state index contributed by atoms with van der Waals surface area (Å²) in [5.41, 5.74) is -0.120. The van der Waals surface area contributed by atoms with Crippen LogP contribution < -0.4 is 0 Å². The van der Waals surface area contributed by atoms with Gasteiger partial charge >= 0.3 is 0 Å². The van der Waals surface area contributed by atoms with E-state index in [9.17, 15) is 9.90 Å². The van der Waals surface area contributed by atoms with Gasteiger partial charge in [0, 0.05) is 24.6 Å². The highest BCUT2D eigenvalue weighted by Gasteiger charge is 2.35. The second kappa shape index (κ2) is 3.73. The Morgan fingerprint density at radius 1 is 1.57 bits per heavy atom. The Morgan fingerprint density at radius 3 is 2.50 bits per heavy atom. The number of rotatable bonds is 2. The predicted octanol–water partition coefficient (Wildman–Crippen LogP) is 1.18. The van der Waals surface area contributed by atoms with Gasteiger partial charge in [0.25, 0.3) is 0 Å². The second-order valence-electron chi connectivity index (χ2n) is 4.67. The Bertz CT molecular complexity index is 253. The average Bonchev–Trinajstić information content (AvgIpc) is 2.49. The van der Waals surface area contributed by atoms with Crippen molar-refractivity contribution in [3.63, 3.8) is 0 Å². The van der Waals surface area contributed by atoms with Crippen molar-refractivity contribution in [1.29, 1.82) is 0 Å². The van der Waals surface area contributed by atoms with Crippen LogP contribution in [-0.4, -0.2) is 34.6 Å². The molecule has 1 saturated heterocycles. The van der Waals surface area contributed by atoms with Crippen molar-refractivity contribution in [1.82, 2.24) is 4.90 Å². The summed E-state index contributed by atoms with van der Waals surface area (Å²) in [4.78, 5) is 13.3. The molecule has 3 heteroatoms. The van der Waals surface area contributed by atoms with Crippen LogP contribution in [0, 0.1) is 5.92 Å². The first-order chi connectivity index (χ1) is 6.32. The number of amides is 1. The van der Waals surface area contributed by atoms with Gasteiger partial charge in [-0.3, -0.25) is 4.79 Å². The van der Waals surface area contributed by atoms with Crippen LogP contribution in [-0.2, 0) is 4.79 Å². The summed E-state index contributed by atoms with van der Waals surface area (Å²) in [5, 5.41) is 9.80. The molecule has 1 rings (SSSR count). The summed E-state index contributed by atoms with van der Waals surface area (Å²) in [5.74, 6) is 0.197. The Labute approximate surface area is 85.4 Å². The molecule has 1 aliphatic rings. The molecule has 1 fully saturated rings. The van der Waals surface area contributed by atoms with Crippen molar-refractivity contribution >= 4 is 5.91 Å².